The van der Waals surface area contributed by atoms with E-state index in [0.717, 1.165) is 34.3 Å². The number of nitrogens with one attached hydrogen (secondary N) is 1. The summed E-state index contributed by atoms with van der Waals surface area (Å²) in [5.74, 6) is 0.637. The molecule has 5 rings (SSSR count). The number of aromatic nitrogens is 4. The first-order chi connectivity index (χ1) is 13.1. The van der Waals surface area contributed by atoms with E-state index in [2.05, 4.69) is 40.2 Å². The Morgan fingerprint density at radius 2 is 2.11 bits per heavy atom. The Bertz CT molecular complexity index is 1140. The van der Waals surface area contributed by atoms with Crippen molar-refractivity contribution in [1.29, 1.82) is 0 Å². The van der Waals surface area contributed by atoms with Crippen LogP contribution in [0.1, 0.15) is 30.8 Å². The lowest BCUT2D eigenvalue weighted by molar-refractivity contribution is -0.0411. The summed E-state index contributed by atoms with van der Waals surface area (Å²) in [4.78, 5) is 17.8. The van der Waals surface area contributed by atoms with E-state index >= 15 is 0 Å². The van der Waals surface area contributed by atoms with E-state index in [1.807, 2.05) is 18.2 Å². The quantitative estimate of drug-likeness (QED) is 0.596. The van der Waals surface area contributed by atoms with E-state index in [4.69, 9.17) is 14.1 Å². The molecule has 0 saturated heterocycles. The standard InChI is InChI=1S/C20H19N5O2/c1-20(2)8-15-12(10-26-20)7-14-16-17(27-19(14)25-15)18(24-11-23-16)22-9-13-5-3-4-6-21-13/h3-7,11H,8-10H2,1-2H3,(H,22,23,24). The molecule has 4 aromatic rings. The van der Waals surface area contributed by atoms with Crippen LogP contribution in [0.5, 0.6) is 0 Å². The van der Waals surface area contributed by atoms with Crippen molar-refractivity contribution in [2.24, 2.45) is 0 Å². The molecule has 7 nitrogen and oxygen atoms in total. The molecule has 7 heteroatoms. The average Bonchev–Trinajstić information content (AvgIpc) is 3.03. The number of nitrogens with zero attached hydrogens (tertiary/aromatic N) is 4. The Morgan fingerprint density at radius 1 is 1.19 bits per heavy atom. The number of pyridine rings is 2. The molecule has 0 unspecified atom stereocenters. The summed E-state index contributed by atoms with van der Waals surface area (Å²) >= 11 is 0. The molecule has 0 aromatic carbocycles. The number of rotatable bonds is 3. The zero-order valence-corrected chi connectivity index (χ0v) is 15.2. The SMILES string of the molecule is CC1(C)Cc2nc3oc4c(NCc5ccccn5)ncnc4c3cc2CO1. The molecule has 0 spiro atoms. The maximum Gasteiger partial charge on any atom is 0.229 e. The summed E-state index contributed by atoms with van der Waals surface area (Å²) in [7, 11) is 0. The molecule has 27 heavy (non-hydrogen) atoms. The second-order valence-corrected chi connectivity index (χ2v) is 7.35. The van der Waals surface area contributed by atoms with Crippen molar-refractivity contribution < 1.29 is 9.15 Å². The largest absolute Gasteiger partial charge is 0.432 e. The highest BCUT2D eigenvalue weighted by molar-refractivity contribution is 6.04. The van der Waals surface area contributed by atoms with Crippen LogP contribution in [0.2, 0.25) is 0 Å². The van der Waals surface area contributed by atoms with Crippen molar-refractivity contribution in [2.75, 3.05) is 5.32 Å². The molecule has 5 heterocycles. The van der Waals surface area contributed by atoms with Crippen molar-refractivity contribution in [2.45, 2.75) is 39.0 Å². The summed E-state index contributed by atoms with van der Waals surface area (Å²) in [6.07, 6.45) is 4.06. The summed E-state index contributed by atoms with van der Waals surface area (Å²) in [6, 6.07) is 7.89. The number of hydrogen-bond donors (Lipinski definition) is 1. The molecule has 0 amide bonds. The van der Waals surface area contributed by atoms with Gasteiger partial charge in [-0.1, -0.05) is 6.07 Å². The smallest absolute Gasteiger partial charge is 0.229 e. The molecule has 0 bridgehead atoms. The van der Waals surface area contributed by atoms with Crippen LogP contribution in [-0.4, -0.2) is 25.5 Å². The van der Waals surface area contributed by atoms with Gasteiger partial charge in [0.15, 0.2) is 11.4 Å². The highest BCUT2D eigenvalue weighted by Crippen LogP contribution is 2.34. The molecule has 1 N–H and O–H groups in total. The first kappa shape index (κ1) is 16.1. The molecular weight excluding hydrogens is 342 g/mol. The van der Waals surface area contributed by atoms with E-state index < -0.39 is 0 Å². The second-order valence-electron chi connectivity index (χ2n) is 7.35. The predicted octanol–water partition coefficient (Wildman–Crippen LogP) is 3.63. The van der Waals surface area contributed by atoms with Gasteiger partial charge in [-0.05, 0) is 32.0 Å². The van der Waals surface area contributed by atoms with Gasteiger partial charge in [0.25, 0.3) is 0 Å². The average molecular weight is 361 g/mol. The van der Waals surface area contributed by atoms with E-state index in [1.165, 1.54) is 6.33 Å². The lowest BCUT2D eigenvalue weighted by Gasteiger charge is -2.30. The highest BCUT2D eigenvalue weighted by atomic mass is 16.5. The molecule has 1 aliphatic rings. The van der Waals surface area contributed by atoms with Gasteiger partial charge in [0.1, 0.15) is 11.8 Å². The van der Waals surface area contributed by atoms with Crippen LogP contribution in [0, 0.1) is 0 Å². The Balaban J connectivity index is 1.56. The lowest BCUT2D eigenvalue weighted by Crippen LogP contribution is -2.32. The maximum absolute atomic E-state index is 6.05. The van der Waals surface area contributed by atoms with Crippen LogP contribution in [0.25, 0.3) is 22.2 Å². The monoisotopic (exact) mass is 361 g/mol. The number of furan rings is 1. The molecule has 1 aliphatic heterocycles. The Morgan fingerprint density at radius 3 is 2.96 bits per heavy atom. The number of hydrogen-bond acceptors (Lipinski definition) is 7. The van der Waals surface area contributed by atoms with E-state index in [1.54, 1.807) is 6.20 Å². The Kier molecular flexibility index (Phi) is 3.58. The van der Waals surface area contributed by atoms with Crippen molar-refractivity contribution in [3.05, 3.63) is 53.7 Å². The van der Waals surface area contributed by atoms with Crippen molar-refractivity contribution in [3.8, 4) is 0 Å². The normalized spacial score (nSPS) is 15.8. The van der Waals surface area contributed by atoms with Crippen LogP contribution >= 0.6 is 0 Å². The minimum atomic E-state index is -0.213. The van der Waals surface area contributed by atoms with Gasteiger partial charge in [-0.3, -0.25) is 4.98 Å². The van der Waals surface area contributed by atoms with Gasteiger partial charge >= 0.3 is 0 Å². The van der Waals surface area contributed by atoms with Crippen LogP contribution in [-0.2, 0) is 24.3 Å². The summed E-state index contributed by atoms with van der Waals surface area (Å²) in [6.45, 7) is 5.25. The van der Waals surface area contributed by atoms with Gasteiger partial charge in [-0.25, -0.2) is 15.0 Å². The Labute approximate surface area is 155 Å². The van der Waals surface area contributed by atoms with Gasteiger partial charge in [-0.15, -0.1) is 0 Å². The highest BCUT2D eigenvalue weighted by Gasteiger charge is 2.28. The fourth-order valence-electron chi connectivity index (χ4n) is 3.39. The topological polar surface area (TPSA) is 86.0 Å². The third-order valence-corrected chi connectivity index (χ3v) is 4.79. The molecule has 0 saturated carbocycles. The molecule has 0 fully saturated rings. The van der Waals surface area contributed by atoms with Gasteiger partial charge in [0.05, 0.1) is 35.5 Å². The third-order valence-electron chi connectivity index (χ3n) is 4.79. The van der Waals surface area contributed by atoms with Crippen molar-refractivity contribution in [1.82, 2.24) is 19.9 Å². The zero-order valence-electron chi connectivity index (χ0n) is 15.2. The van der Waals surface area contributed by atoms with Gasteiger partial charge in [0, 0.05) is 18.2 Å². The first-order valence-electron chi connectivity index (χ1n) is 8.93. The minimum absolute atomic E-state index is 0.213. The van der Waals surface area contributed by atoms with Crippen LogP contribution in [0.4, 0.5) is 5.82 Å². The third kappa shape index (κ3) is 2.90. The van der Waals surface area contributed by atoms with Gasteiger partial charge in [-0.2, -0.15) is 0 Å². The fourth-order valence-corrected chi connectivity index (χ4v) is 3.39. The number of ether oxygens (including phenoxy) is 1. The van der Waals surface area contributed by atoms with Crippen molar-refractivity contribution >= 4 is 28.0 Å². The van der Waals surface area contributed by atoms with Crippen LogP contribution in [0.3, 0.4) is 0 Å². The summed E-state index contributed by atoms with van der Waals surface area (Å²) < 4.78 is 12.0. The summed E-state index contributed by atoms with van der Waals surface area (Å²) in [5, 5.41) is 4.17. The van der Waals surface area contributed by atoms with E-state index in [-0.39, 0.29) is 5.60 Å². The maximum atomic E-state index is 6.05. The Hall–Kier alpha value is -3.06. The molecule has 4 aromatic heterocycles. The minimum Gasteiger partial charge on any atom is -0.432 e. The number of anilines is 1. The predicted molar refractivity (Wildman–Crippen MR) is 101 cm³/mol. The van der Waals surface area contributed by atoms with Crippen molar-refractivity contribution in [3.63, 3.8) is 0 Å². The fraction of sp³-hybridized carbons (Fsp3) is 0.300. The first-order valence-corrected chi connectivity index (χ1v) is 8.93. The molecule has 136 valence electrons. The van der Waals surface area contributed by atoms with E-state index in [9.17, 15) is 0 Å². The molecule has 0 radical (unpaired) electrons. The van der Waals surface area contributed by atoms with Crippen LogP contribution < -0.4 is 5.32 Å². The lowest BCUT2D eigenvalue weighted by atomic mass is 9.95. The second kappa shape index (κ2) is 5.99. The van der Waals surface area contributed by atoms with Crippen LogP contribution in [0.15, 0.2) is 41.2 Å². The molecule has 0 aliphatic carbocycles. The molecule has 0 atom stereocenters. The molecular formula is C20H19N5O2. The summed E-state index contributed by atoms with van der Waals surface area (Å²) in [5.41, 5.74) is 4.77. The number of fused-ring (bicyclic) bond motifs is 4. The van der Waals surface area contributed by atoms with Gasteiger partial charge in [0.2, 0.25) is 5.71 Å². The zero-order chi connectivity index (χ0) is 18.4. The van der Waals surface area contributed by atoms with Gasteiger partial charge < -0.3 is 14.5 Å². The van der Waals surface area contributed by atoms with E-state index in [0.29, 0.717) is 30.3 Å².